The number of rotatable bonds is 10. The van der Waals surface area contributed by atoms with Crippen LogP contribution in [0.4, 0.5) is 21.9 Å². The Hall–Kier alpha value is -4.20. The Morgan fingerprint density at radius 3 is 2.04 bits per heavy atom. The van der Waals surface area contributed by atoms with Crippen LogP contribution in [0.3, 0.4) is 0 Å². The summed E-state index contributed by atoms with van der Waals surface area (Å²) in [7, 11) is 1.68. The molecule has 6 rings (SSSR count). The van der Waals surface area contributed by atoms with Gasteiger partial charge in [0.05, 0.1) is 44.7 Å². The molecule has 3 aromatic rings. The van der Waals surface area contributed by atoms with E-state index in [1.165, 1.54) is 10.6 Å². The van der Waals surface area contributed by atoms with Gasteiger partial charge in [0.15, 0.2) is 5.79 Å². The van der Waals surface area contributed by atoms with E-state index in [1.54, 1.807) is 24.3 Å². The van der Waals surface area contributed by atoms with Gasteiger partial charge in [-0.1, -0.05) is 6.92 Å². The summed E-state index contributed by atoms with van der Waals surface area (Å²) in [6.07, 6.45) is 7.20. The highest BCUT2D eigenvalue weighted by atomic mass is 16.7. The summed E-state index contributed by atoms with van der Waals surface area (Å²) in [5, 5.41) is 18.8. The Labute approximate surface area is 277 Å². The fourth-order valence-electron chi connectivity index (χ4n) is 6.06. The van der Waals surface area contributed by atoms with Crippen LogP contribution < -0.4 is 24.8 Å². The number of carbonyl (C=O) groups is 1. The fourth-order valence-corrected chi connectivity index (χ4v) is 6.06. The Morgan fingerprint density at radius 1 is 0.979 bits per heavy atom. The molecule has 0 radical (unpaired) electrons. The Balaban J connectivity index is 0.000000214. The summed E-state index contributed by atoms with van der Waals surface area (Å²) in [5.74, 6) is 0.682. The summed E-state index contributed by atoms with van der Waals surface area (Å²) >= 11 is 0. The molecule has 0 bridgehead atoms. The Bertz CT molecular complexity index is 1370. The van der Waals surface area contributed by atoms with Crippen LogP contribution in [0, 0.1) is 11.3 Å². The molecule has 2 aromatic carbocycles. The second-order valence-corrected chi connectivity index (χ2v) is 11.9. The number of carbonyl (C=O) groups excluding carboxylic acids is 1. The monoisotopic (exact) mass is 648 g/mol. The van der Waals surface area contributed by atoms with Crippen molar-refractivity contribution < 1.29 is 23.7 Å². The summed E-state index contributed by atoms with van der Waals surface area (Å²) in [6, 6.07) is 15.8. The van der Waals surface area contributed by atoms with Crippen molar-refractivity contribution >= 4 is 29.4 Å². The maximum Gasteiger partial charge on any atom is 0.327 e. The summed E-state index contributed by atoms with van der Waals surface area (Å²) in [5.41, 5.74) is 3.02. The third kappa shape index (κ3) is 8.79. The van der Waals surface area contributed by atoms with Crippen LogP contribution >= 0.6 is 0 Å². The van der Waals surface area contributed by atoms with Gasteiger partial charge in [-0.2, -0.15) is 15.0 Å². The molecule has 13 nitrogen and oxygen atoms in total. The van der Waals surface area contributed by atoms with E-state index in [1.807, 2.05) is 50.2 Å². The van der Waals surface area contributed by atoms with Crippen molar-refractivity contribution in [2.45, 2.75) is 51.5 Å². The fraction of sp³-hybridized carbons (Fsp3) is 0.529. The Kier molecular flexibility index (Phi) is 12.0. The van der Waals surface area contributed by atoms with Crippen molar-refractivity contribution in [3.05, 3.63) is 60.9 Å². The largest absolute Gasteiger partial charge is 0.497 e. The molecular weight excluding hydrogens is 600 g/mol. The first-order valence-electron chi connectivity index (χ1n) is 16.5. The molecule has 2 amide bonds. The van der Waals surface area contributed by atoms with Crippen LogP contribution in [-0.4, -0.2) is 98.9 Å². The number of hydrogen-bond acceptors (Lipinski definition) is 10. The minimum absolute atomic E-state index is 0.0706. The molecule has 4 heterocycles. The normalized spacial score (nSPS) is 18.5. The van der Waals surface area contributed by atoms with Gasteiger partial charge in [-0.3, -0.25) is 10.3 Å². The molecule has 1 aromatic heterocycles. The molecular formula is C34H48N8O5. The molecule has 2 N–H and O–H groups in total. The number of methoxy groups -OCH3 is 1. The zero-order valence-electron chi connectivity index (χ0n) is 27.7. The number of anilines is 3. The highest BCUT2D eigenvalue weighted by Crippen LogP contribution is 2.36. The van der Waals surface area contributed by atoms with Crippen LogP contribution in [0.2, 0.25) is 0 Å². The highest BCUT2D eigenvalue weighted by molar-refractivity contribution is 6.06. The second kappa shape index (κ2) is 16.6. The standard InChI is InChI=1S/C23H31N5O2.C11H17N3O3/c1-4-18(2)25-23(29)28(17-24)21-7-5-19(6-8-21)26-13-15-27(16-14-26)20-9-11-22(30-3)12-10-20;1-5-15-6-2-10(1)11(16-7-8-17-11)9-14-12-3-4-13-14/h5-12,17-18,24H,4,13-16H2,1-3H3,(H,25,29);3-4,10H,1-2,5-9H2. The molecule has 3 aliphatic heterocycles. The molecule has 13 heteroatoms. The highest BCUT2D eigenvalue weighted by Gasteiger charge is 2.45. The van der Waals surface area contributed by atoms with Gasteiger partial charge in [-0.25, -0.2) is 4.79 Å². The minimum atomic E-state index is -0.553. The van der Waals surface area contributed by atoms with Crippen molar-refractivity contribution in [3.8, 4) is 5.75 Å². The lowest BCUT2D eigenvalue weighted by Gasteiger charge is -2.37. The summed E-state index contributed by atoms with van der Waals surface area (Å²) in [6.45, 7) is 11.1. The second-order valence-electron chi connectivity index (χ2n) is 11.9. The number of nitrogens with one attached hydrogen (secondary N) is 2. The molecule has 3 saturated heterocycles. The van der Waals surface area contributed by atoms with Gasteiger partial charge in [0.2, 0.25) is 0 Å². The topological polar surface area (TPSA) is 130 Å². The number of urea groups is 1. The SMILES string of the molecule is CCC(C)NC(=O)N(C=N)c1ccc(N2CCN(c3ccc(OC)cc3)CC2)cc1.c1cnn(CC2(C3CCOCC3)OCCO2)n1. The van der Waals surface area contributed by atoms with E-state index in [9.17, 15) is 4.79 Å². The molecule has 0 saturated carbocycles. The van der Waals surface area contributed by atoms with E-state index in [0.29, 0.717) is 31.4 Å². The average Bonchev–Trinajstić information content (AvgIpc) is 3.83. The van der Waals surface area contributed by atoms with E-state index in [-0.39, 0.29) is 12.1 Å². The Morgan fingerprint density at radius 2 is 1.53 bits per heavy atom. The van der Waals surface area contributed by atoms with Crippen LogP contribution in [0.5, 0.6) is 5.75 Å². The third-order valence-electron chi connectivity index (χ3n) is 8.99. The number of piperazine rings is 1. The third-order valence-corrected chi connectivity index (χ3v) is 8.99. The van der Waals surface area contributed by atoms with Crippen LogP contribution in [0.1, 0.15) is 33.1 Å². The minimum Gasteiger partial charge on any atom is -0.497 e. The number of hydrogen-bond donors (Lipinski definition) is 2. The van der Waals surface area contributed by atoms with Crippen LogP contribution in [0.25, 0.3) is 0 Å². The number of ether oxygens (including phenoxy) is 4. The first kappa shape index (κ1) is 34.1. The van der Waals surface area contributed by atoms with Crippen molar-refractivity contribution in [1.29, 1.82) is 5.41 Å². The van der Waals surface area contributed by atoms with Crippen molar-refractivity contribution in [2.75, 3.05) is 74.4 Å². The van der Waals surface area contributed by atoms with Gasteiger partial charge < -0.3 is 34.1 Å². The predicted molar refractivity (Wildman–Crippen MR) is 182 cm³/mol. The van der Waals surface area contributed by atoms with Crippen molar-refractivity contribution in [2.24, 2.45) is 5.92 Å². The first-order valence-corrected chi connectivity index (χ1v) is 16.5. The lowest BCUT2D eigenvalue weighted by molar-refractivity contribution is -0.221. The van der Waals surface area contributed by atoms with Gasteiger partial charge in [0.25, 0.3) is 0 Å². The van der Waals surface area contributed by atoms with Gasteiger partial charge in [0, 0.05) is 62.7 Å². The van der Waals surface area contributed by atoms with E-state index < -0.39 is 5.79 Å². The maximum atomic E-state index is 12.4. The van der Waals surface area contributed by atoms with Crippen LogP contribution in [-0.2, 0) is 20.8 Å². The lowest BCUT2D eigenvalue weighted by atomic mass is 9.90. The number of benzene rings is 2. The van der Waals surface area contributed by atoms with Crippen molar-refractivity contribution in [3.63, 3.8) is 0 Å². The number of nitrogens with zero attached hydrogens (tertiary/aromatic N) is 6. The molecule has 0 spiro atoms. The number of aromatic nitrogens is 3. The molecule has 3 aliphatic rings. The summed E-state index contributed by atoms with van der Waals surface area (Å²) in [4.78, 5) is 20.1. The molecule has 47 heavy (non-hydrogen) atoms. The maximum absolute atomic E-state index is 12.4. The zero-order valence-corrected chi connectivity index (χ0v) is 27.7. The predicted octanol–water partition coefficient (Wildman–Crippen LogP) is 4.39. The van der Waals surface area contributed by atoms with Gasteiger partial charge in [-0.05, 0) is 74.7 Å². The van der Waals surface area contributed by atoms with E-state index in [4.69, 9.17) is 24.4 Å². The zero-order chi connectivity index (χ0) is 33.1. The smallest absolute Gasteiger partial charge is 0.327 e. The van der Waals surface area contributed by atoms with Crippen molar-refractivity contribution in [1.82, 2.24) is 20.3 Å². The van der Waals surface area contributed by atoms with Crippen LogP contribution in [0.15, 0.2) is 60.9 Å². The van der Waals surface area contributed by atoms with E-state index in [0.717, 1.165) is 76.4 Å². The number of amides is 2. The molecule has 254 valence electrons. The van der Waals surface area contributed by atoms with E-state index >= 15 is 0 Å². The molecule has 0 aliphatic carbocycles. The van der Waals surface area contributed by atoms with Gasteiger partial charge in [0.1, 0.15) is 12.3 Å². The van der Waals surface area contributed by atoms with Gasteiger partial charge in [-0.15, -0.1) is 0 Å². The summed E-state index contributed by atoms with van der Waals surface area (Å²) < 4.78 is 22.4. The quantitative estimate of drug-likeness (QED) is 0.243. The average molecular weight is 649 g/mol. The molecule has 3 fully saturated rings. The van der Waals surface area contributed by atoms with E-state index in [2.05, 4.69) is 37.4 Å². The first-order chi connectivity index (χ1) is 22.9. The molecule has 1 atom stereocenters. The molecule has 1 unspecified atom stereocenters. The lowest BCUT2D eigenvalue weighted by Crippen LogP contribution is -2.46. The van der Waals surface area contributed by atoms with Gasteiger partial charge >= 0.3 is 6.03 Å².